The third kappa shape index (κ3) is 2.23. The third-order valence-corrected chi connectivity index (χ3v) is 2.04. The van der Waals surface area contributed by atoms with Crippen LogP contribution in [0.5, 0.6) is 17.4 Å². The van der Waals surface area contributed by atoms with Crippen molar-refractivity contribution >= 4 is 5.69 Å². The summed E-state index contributed by atoms with van der Waals surface area (Å²) < 4.78 is 10.7. The normalized spacial score (nSPS) is 9.81. The summed E-state index contributed by atoms with van der Waals surface area (Å²) in [5, 5.41) is 0. The fraction of sp³-hybridized carbons (Fsp3) is 0.0833. The van der Waals surface area contributed by atoms with Crippen molar-refractivity contribution in [3.8, 4) is 17.4 Å². The van der Waals surface area contributed by atoms with Crippen LogP contribution in [-0.2, 0) is 0 Å². The van der Waals surface area contributed by atoms with E-state index in [2.05, 4.69) is 4.98 Å². The number of nitrogen functional groups attached to an aromatic ring is 1. The molecular weight excluding hydrogens is 204 g/mol. The number of methoxy groups -OCH3 is 1. The number of nitrogens with zero attached hydrogens (tertiary/aromatic N) is 1. The largest absolute Gasteiger partial charge is 0.493 e. The molecule has 1 aromatic heterocycles. The molecule has 1 aromatic carbocycles. The van der Waals surface area contributed by atoms with Crippen molar-refractivity contribution in [3.63, 3.8) is 0 Å². The standard InChI is InChI=1S/C12H12N2O2/c1-15-10-4-2-3-5-11(10)16-12-7-6-9(13)8-14-12/h2-8H,13H2,1H3. The lowest BCUT2D eigenvalue weighted by atomic mass is 10.3. The molecule has 2 rings (SSSR count). The van der Waals surface area contributed by atoms with E-state index >= 15 is 0 Å². The first-order valence-electron chi connectivity index (χ1n) is 4.82. The second-order valence-corrected chi connectivity index (χ2v) is 3.18. The van der Waals surface area contributed by atoms with Gasteiger partial charge in [-0.1, -0.05) is 12.1 Å². The number of hydrogen-bond donors (Lipinski definition) is 1. The van der Waals surface area contributed by atoms with Crippen molar-refractivity contribution in [2.75, 3.05) is 12.8 Å². The molecule has 0 aliphatic heterocycles. The molecule has 0 unspecified atom stereocenters. The zero-order valence-electron chi connectivity index (χ0n) is 8.88. The van der Waals surface area contributed by atoms with Crippen molar-refractivity contribution in [1.29, 1.82) is 0 Å². The van der Waals surface area contributed by atoms with Crippen LogP contribution in [0.15, 0.2) is 42.6 Å². The van der Waals surface area contributed by atoms with E-state index in [0.717, 1.165) is 0 Å². The average molecular weight is 216 g/mol. The first-order valence-corrected chi connectivity index (χ1v) is 4.82. The number of aromatic nitrogens is 1. The zero-order valence-corrected chi connectivity index (χ0v) is 8.88. The number of hydrogen-bond acceptors (Lipinski definition) is 4. The average Bonchev–Trinajstić information content (AvgIpc) is 2.33. The minimum atomic E-state index is 0.485. The molecule has 0 saturated carbocycles. The van der Waals surface area contributed by atoms with Gasteiger partial charge in [0.2, 0.25) is 5.88 Å². The van der Waals surface area contributed by atoms with Crippen LogP contribution in [0.2, 0.25) is 0 Å². The summed E-state index contributed by atoms with van der Waals surface area (Å²) in [6, 6.07) is 10.8. The van der Waals surface area contributed by atoms with Gasteiger partial charge in [-0.25, -0.2) is 4.98 Å². The monoisotopic (exact) mass is 216 g/mol. The maximum Gasteiger partial charge on any atom is 0.219 e. The summed E-state index contributed by atoms with van der Waals surface area (Å²) in [6.07, 6.45) is 1.55. The van der Waals surface area contributed by atoms with Gasteiger partial charge in [-0.15, -0.1) is 0 Å². The SMILES string of the molecule is COc1ccccc1Oc1ccc(N)cn1. The maximum absolute atomic E-state index is 5.56. The van der Waals surface area contributed by atoms with Crippen LogP contribution in [0, 0.1) is 0 Å². The molecule has 0 amide bonds. The number of anilines is 1. The van der Waals surface area contributed by atoms with Gasteiger partial charge >= 0.3 is 0 Å². The van der Waals surface area contributed by atoms with Crippen LogP contribution < -0.4 is 15.2 Å². The van der Waals surface area contributed by atoms with Gasteiger partial charge in [0, 0.05) is 6.07 Å². The van der Waals surface area contributed by atoms with Crippen molar-refractivity contribution in [3.05, 3.63) is 42.6 Å². The Balaban J connectivity index is 2.23. The lowest BCUT2D eigenvalue weighted by molar-refractivity contribution is 0.374. The molecule has 2 N–H and O–H groups in total. The van der Waals surface area contributed by atoms with E-state index in [0.29, 0.717) is 23.1 Å². The molecule has 1 heterocycles. The van der Waals surface area contributed by atoms with Gasteiger partial charge in [0.25, 0.3) is 0 Å². The van der Waals surface area contributed by atoms with E-state index in [1.807, 2.05) is 24.3 Å². The molecule has 0 fully saturated rings. The third-order valence-electron chi connectivity index (χ3n) is 2.04. The first-order chi connectivity index (χ1) is 7.79. The summed E-state index contributed by atoms with van der Waals surface area (Å²) >= 11 is 0. The Labute approximate surface area is 93.6 Å². The summed E-state index contributed by atoms with van der Waals surface area (Å²) in [5.74, 6) is 1.78. The van der Waals surface area contributed by atoms with Gasteiger partial charge in [-0.3, -0.25) is 0 Å². The Morgan fingerprint density at radius 1 is 1.06 bits per heavy atom. The van der Waals surface area contributed by atoms with Crippen LogP contribution >= 0.6 is 0 Å². The minimum Gasteiger partial charge on any atom is -0.493 e. The van der Waals surface area contributed by atoms with Crippen molar-refractivity contribution in [2.24, 2.45) is 0 Å². The molecule has 0 aliphatic rings. The van der Waals surface area contributed by atoms with Crippen molar-refractivity contribution < 1.29 is 9.47 Å². The lowest BCUT2D eigenvalue weighted by Crippen LogP contribution is -1.92. The van der Waals surface area contributed by atoms with Gasteiger partial charge < -0.3 is 15.2 Å². The topological polar surface area (TPSA) is 57.4 Å². The highest BCUT2D eigenvalue weighted by Gasteiger charge is 2.04. The predicted octanol–water partition coefficient (Wildman–Crippen LogP) is 2.46. The lowest BCUT2D eigenvalue weighted by Gasteiger charge is -2.08. The molecule has 0 atom stereocenters. The zero-order chi connectivity index (χ0) is 11.4. The quantitative estimate of drug-likeness (QED) is 0.856. The maximum atomic E-state index is 5.56. The van der Waals surface area contributed by atoms with E-state index in [9.17, 15) is 0 Å². The van der Waals surface area contributed by atoms with E-state index in [-0.39, 0.29) is 0 Å². The van der Waals surface area contributed by atoms with Gasteiger partial charge in [-0.2, -0.15) is 0 Å². The summed E-state index contributed by atoms with van der Waals surface area (Å²) in [4.78, 5) is 4.05. The Kier molecular flexibility index (Phi) is 2.91. The van der Waals surface area contributed by atoms with E-state index in [4.69, 9.17) is 15.2 Å². The molecule has 0 saturated heterocycles. The molecule has 16 heavy (non-hydrogen) atoms. The van der Waals surface area contributed by atoms with Crippen LogP contribution in [-0.4, -0.2) is 12.1 Å². The predicted molar refractivity (Wildman–Crippen MR) is 61.7 cm³/mol. The molecule has 0 aliphatic carbocycles. The van der Waals surface area contributed by atoms with Crippen molar-refractivity contribution in [2.45, 2.75) is 0 Å². The fourth-order valence-corrected chi connectivity index (χ4v) is 1.27. The summed E-state index contributed by atoms with van der Waals surface area (Å²) in [6.45, 7) is 0. The number of ether oxygens (including phenoxy) is 2. The number of rotatable bonds is 3. The number of benzene rings is 1. The van der Waals surface area contributed by atoms with Crippen LogP contribution in [0.3, 0.4) is 0 Å². The highest BCUT2D eigenvalue weighted by atomic mass is 16.5. The van der Waals surface area contributed by atoms with E-state index in [1.54, 1.807) is 25.4 Å². The minimum absolute atomic E-state index is 0.485. The van der Waals surface area contributed by atoms with Gasteiger partial charge in [0.05, 0.1) is 19.0 Å². The number of pyridine rings is 1. The Bertz CT molecular complexity index is 469. The smallest absolute Gasteiger partial charge is 0.219 e. The number of nitrogens with two attached hydrogens (primary N) is 1. The Hall–Kier alpha value is -2.23. The molecule has 0 radical (unpaired) electrons. The van der Waals surface area contributed by atoms with Crippen LogP contribution in [0.25, 0.3) is 0 Å². The molecule has 4 nitrogen and oxygen atoms in total. The van der Waals surface area contributed by atoms with Crippen molar-refractivity contribution in [1.82, 2.24) is 4.98 Å². The second-order valence-electron chi connectivity index (χ2n) is 3.18. The number of para-hydroxylation sites is 2. The van der Waals surface area contributed by atoms with E-state index < -0.39 is 0 Å². The summed E-state index contributed by atoms with van der Waals surface area (Å²) in [5.41, 5.74) is 6.14. The molecular formula is C12H12N2O2. The highest BCUT2D eigenvalue weighted by molar-refractivity contribution is 5.43. The van der Waals surface area contributed by atoms with E-state index in [1.165, 1.54) is 0 Å². The Morgan fingerprint density at radius 2 is 1.81 bits per heavy atom. The van der Waals surface area contributed by atoms with Gasteiger partial charge in [0.15, 0.2) is 11.5 Å². The molecule has 0 spiro atoms. The Morgan fingerprint density at radius 3 is 2.44 bits per heavy atom. The van der Waals surface area contributed by atoms with Crippen LogP contribution in [0.1, 0.15) is 0 Å². The first kappa shape index (κ1) is 10.3. The molecule has 4 heteroatoms. The van der Waals surface area contributed by atoms with Crippen LogP contribution in [0.4, 0.5) is 5.69 Å². The van der Waals surface area contributed by atoms with Gasteiger partial charge in [-0.05, 0) is 18.2 Å². The molecule has 82 valence electrons. The fourth-order valence-electron chi connectivity index (χ4n) is 1.27. The molecule has 0 bridgehead atoms. The highest BCUT2D eigenvalue weighted by Crippen LogP contribution is 2.29. The summed E-state index contributed by atoms with van der Waals surface area (Å²) in [7, 11) is 1.60. The van der Waals surface area contributed by atoms with Gasteiger partial charge in [0.1, 0.15) is 0 Å². The second kappa shape index (κ2) is 4.53. The molecule has 2 aromatic rings.